The molecule has 1 N–H and O–H groups in total. The lowest BCUT2D eigenvalue weighted by molar-refractivity contribution is -0.387. The van der Waals surface area contributed by atoms with E-state index in [1.54, 1.807) is 0 Å². The number of pyridine rings is 1. The Morgan fingerprint density at radius 2 is 2.00 bits per heavy atom. The van der Waals surface area contributed by atoms with Gasteiger partial charge in [-0.15, -0.1) is 0 Å². The summed E-state index contributed by atoms with van der Waals surface area (Å²) in [6, 6.07) is 5.26. The standard InChI is InChI=1S/C12H6Cl2N2O4S/c13-7-4-9(16(19)20)10(5-8(7)14)21-11-6(12(17)18)2-1-3-15-11/h1-5H,(H,17,18). The van der Waals surface area contributed by atoms with Crippen LogP contribution in [-0.4, -0.2) is 21.0 Å². The quantitative estimate of drug-likeness (QED) is 0.661. The number of nitro groups is 1. The molecule has 6 nitrogen and oxygen atoms in total. The van der Waals surface area contributed by atoms with Crippen molar-refractivity contribution in [2.24, 2.45) is 0 Å². The van der Waals surface area contributed by atoms with Gasteiger partial charge in [-0.1, -0.05) is 35.0 Å². The van der Waals surface area contributed by atoms with Crippen LogP contribution >= 0.6 is 35.0 Å². The summed E-state index contributed by atoms with van der Waals surface area (Å²) < 4.78 is 0. The predicted molar refractivity (Wildman–Crippen MR) is 78.4 cm³/mol. The maximum absolute atomic E-state index is 11.1. The number of carbonyl (C=O) groups is 1. The lowest BCUT2D eigenvalue weighted by atomic mass is 10.3. The lowest BCUT2D eigenvalue weighted by Gasteiger charge is -2.06. The Balaban J connectivity index is 2.52. The van der Waals surface area contributed by atoms with Gasteiger partial charge in [0.15, 0.2) is 0 Å². The minimum atomic E-state index is -1.17. The first-order valence-electron chi connectivity index (χ1n) is 5.39. The highest BCUT2D eigenvalue weighted by Crippen LogP contribution is 2.39. The van der Waals surface area contributed by atoms with Crippen molar-refractivity contribution in [3.8, 4) is 0 Å². The summed E-state index contributed by atoms with van der Waals surface area (Å²) >= 11 is 12.5. The van der Waals surface area contributed by atoms with Crippen LogP contribution in [0.5, 0.6) is 0 Å². The Hall–Kier alpha value is -1.83. The van der Waals surface area contributed by atoms with Gasteiger partial charge in [0.2, 0.25) is 0 Å². The number of benzene rings is 1. The van der Waals surface area contributed by atoms with E-state index in [0.717, 1.165) is 17.8 Å². The van der Waals surface area contributed by atoms with Gasteiger partial charge in [0.25, 0.3) is 5.69 Å². The minimum absolute atomic E-state index is 0.0483. The Bertz CT molecular complexity index is 739. The summed E-state index contributed by atoms with van der Waals surface area (Å²) in [5.41, 5.74) is -0.320. The van der Waals surface area contributed by atoms with E-state index < -0.39 is 10.9 Å². The smallest absolute Gasteiger partial charge is 0.338 e. The third-order valence-corrected chi connectivity index (χ3v) is 4.19. The first kappa shape index (κ1) is 15.6. The molecule has 0 unspecified atom stereocenters. The molecule has 1 aromatic carbocycles. The summed E-state index contributed by atoms with van der Waals surface area (Å²) in [6.45, 7) is 0. The number of carboxylic acid groups (broad SMARTS) is 1. The van der Waals surface area contributed by atoms with Crippen LogP contribution in [0.15, 0.2) is 40.4 Å². The number of aromatic nitrogens is 1. The average Bonchev–Trinajstić information content (AvgIpc) is 2.42. The molecule has 1 heterocycles. The van der Waals surface area contributed by atoms with Crippen molar-refractivity contribution in [3.05, 3.63) is 56.2 Å². The lowest BCUT2D eigenvalue weighted by Crippen LogP contribution is -2.00. The number of nitro benzene ring substituents is 1. The van der Waals surface area contributed by atoms with E-state index in [1.807, 2.05) is 0 Å². The monoisotopic (exact) mass is 344 g/mol. The molecular weight excluding hydrogens is 339 g/mol. The molecule has 0 fully saturated rings. The van der Waals surface area contributed by atoms with Crippen LogP contribution in [0.3, 0.4) is 0 Å². The third kappa shape index (κ3) is 3.44. The molecular formula is C12H6Cl2N2O4S. The van der Waals surface area contributed by atoms with Crippen LogP contribution in [0.25, 0.3) is 0 Å². The summed E-state index contributed by atoms with van der Waals surface area (Å²) in [5, 5.41) is 20.5. The molecule has 0 saturated carbocycles. The van der Waals surface area contributed by atoms with Gasteiger partial charge in [-0.2, -0.15) is 0 Å². The summed E-state index contributed by atoms with van der Waals surface area (Å²) in [6.07, 6.45) is 1.40. The van der Waals surface area contributed by atoms with E-state index in [9.17, 15) is 14.9 Å². The third-order valence-electron chi connectivity index (χ3n) is 2.41. The fourth-order valence-corrected chi connectivity index (χ4v) is 2.87. The second-order valence-corrected chi connectivity index (χ2v) is 5.60. The zero-order chi connectivity index (χ0) is 15.6. The molecule has 108 valence electrons. The number of halogens is 2. The van der Waals surface area contributed by atoms with Gasteiger partial charge in [0.1, 0.15) is 5.03 Å². The zero-order valence-corrected chi connectivity index (χ0v) is 12.4. The summed E-state index contributed by atoms with van der Waals surface area (Å²) in [4.78, 5) is 25.6. The molecule has 0 radical (unpaired) electrons. The van der Waals surface area contributed by atoms with Crippen LogP contribution in [-0.2, 0) is 0 Å². The largest absolute Gasteiger partial charge is 0.478 e. The van der Waals surface area contributed by atoms with E-state index in [-0.39, 0.29) is 31.2 Å². The normalized spacial score (nSPS) is 10.4. The molecule has 0 saturated heterocycles. The molecule has 0 aliphatic heterocycles. The maximum atomic E-state index is 11.1. The molecule has 0 atom stereocenters. The van der Waals surface area contributed by atoms with Gasteiger partial charge in [-0.05, 0) is 18.2 Å². The fourth-order valence-electron chi connectivity index (χ4n) is 1.48. The Labute approximate surface area is 132 Å². The van der Waals surface area contributed by atoms with Crippen molar-refractivity contribution in [2.75, 3.05) is 0 Å². The van der Waals surface area contributed by atoms with E-state index in [0.29, 0.717) is 0 Å². The number of carboxylic acids is 1. The van der Waals surface area contributed by atoms with Gasteiger partial charge in [-0.25, -0.2) is 9.78 Å². The molecule has 1 aromatic heterocycles. The molecule has 0 spiro atoms. The molecule has 9 heteroatoms. The first-order valence-corrected chi connectivity index (χ1v) is 6.97. The number of hydrogen-bond donors (Lipinski definition) is 1. The Morgan fingerprint density at radius 1 is 1.33 bits per heavy atom. The summed E-state index contributed by atoms with van der Waals surface area (Å²) in [5.74, 6) is -1.17. The molecule has 2 rings (SSSR count). The van der Waals surface area contributed by atoms with Gasteiger partial charge < -0.3 is 5.11 Å². The van der Waals surface area contributed by atoms with Crippen LogP contribution < -0.4 is 0 Å². The van der Waals surface area contributed by atoms with E-state index in [4.69, 9.17) is 28.3 Å². The molecule has 0 bridgehead atoms. The van der Waals surface area contributed by atoms with Crippen molar-refractivity contribution < 1.29 is 14.8 Å². The number of hydrogen-bond acceptors (Lipinski definition) is 5. The fraction of sp³-hybridized carbons (Fsp3) is 0. The van der Waals surface area contributed by atoms with Crippen LogP contribution in [0.1, 0.15) is 10.4 Å². The minimum Gasteiger partial charge on any atom is -0.478 e. The summed E-state index contributed by atoms with van der Waals surface area (Å²) in [7, 11) is 0. The van der Waals surface area contributed by atoms with Crippen molar-refractivity contribution in [2.45, 2.75) is 9.92 Å². The SMILES string of the molecule is O=C(O)c1cccnc1Sc1cc(Cl)c(Cl)cc1[N+](=O)[O-]. The van der Waals surface area contributed by atoms with Gasteiger partial charge >= 0.3 is 5.97 Å². The number of nitrogens with zero attached hydrogens (tertiary/aromatic N) is 2. The second kappa shape index (κ2) is 6.30. The van der Waals surface area contributed by atoms with Gasteiger partial charge in [-0.3, -0.25) is 10.1 Å². The number of aromatic carboxylic acids is 1. The van der Waals surface area contributed by atoms with Crippen molar-refractivity contribution in [1.82, 2.24) is 4.98 Å². The average molecular weight is 345 g/mol. The van der Waals surface area contributed by atoms with Crippen molar-refractivity contribution in [1.29, 1.82) is 0 Å². The van der Waals surface area contributed by atoms with E-state index >= 15 is 0 Å². The van der Waals surface area contributed by atoms with Gasteiger partial charge in [0, 0.05) is 12.3 Å². The second-order valence-electron chi connectivity index (χ2n) is 3.75. The van der Waals surface area contributed by atoms with E-state index in [1.165, 1.54) is 24.4 Å². The predicted octanol–water partition coefficient (Wildman–Crippen LogP) is 4.15. The Morgan fingerprint density at radius 3 is 2.62 bits per heavy atom. The molecule has 0 amide bonds. The van der Waals surface area contributed by atoms with Crippen LogP contribution in [0.4, 0.5) is 5.69 Å². The van der Waals surface area contributed by atoms with Crippen molar-refractivity contribution in [3.63, 3.8) is 0 Å². The maximum Gasteiger partial charge on any atom is 0.338 e. The highest BCUT2D eigenvalue weighted by Gasteiger charge is 2.21. The molecule has 21 heavy (non-hydrogen) atoms. The van der Waals surface area contributed by atoms with Crippen LogP contribution in [0.2, 0.25) is 10.0 Å². The Kier molecular flexibility index (Phi) is 4.66. The van der Waals surface area contributed by atoms with E-state index in [2.05, 4.69) is 4.98 Å². The first-order chi connectivity index (χ1) is 9.90. The highest BCUT2D eigenvalue weighted by atomic mass is 35.5. The number of rotatable bonds is 4. The highest BCUT2D eigenvalue weighted by molar-refractivity contribution is 7.99. The van der Waals surface area contributed by atoms with Gasteiger partial charge in [0.05, 0.1) is 25.4 Å². The van der Waals surface area contributed by atoms with Crippen LogP contribution in [0, 0.1) is 10.1 Å². The molecule has 0 aliphatic rings. The van der Waals surface area contributed by atoms with Crippen molar-refractivity contribution >= 4 is 46.6 Å². The zero-order valence-electron chi connectivity index (χ0n) is 10.1. The molecule has 2 aromatic rings. The topological polar surface area (TPSA) is 93.3 Å². The molecule has 0 aliphatic carbocycles.